The van der Waals surface area contributed by atoms with Crippen LogP contribution in [0.5, 0.6) is 0 Å². The van der Waals surface area contributed by atoms with Crippen LogP contribution in [-0.2, 0) is 19.9 Å². The first-order valence-electron chi connectivity index (χ1n) is 5.53. The molecule has 1 aliphatic rings. The second kappa shape index (κ2) is 4.73. The van der Waals surface area contributed by atoms with Crippen molar-refractivity contribution in [2.75, 3.05) is 18.1 Å². The second-order valence-corrected chi connectivity index (χ2v) is 8.40. The molecule has 0 bridgehead atoms. The minimum Gasteiger partial charge on any atom is -0.440 e. The van der Waals surface area contributed by atoms with Crippen LogP contribution in [0.1, 0.15) is 17.5 Å². The summed E-state index contributed by atoms with van der Waals surface area (Å²) in [5, 5.41) is -0.347. The summed E-state index contributed by atoms with van der Waals surface area (Å²) in [5.41, 5.74) is 0. The van der Waals surface area contributed by atoms with Crippen LogP contribution < -0.4 is 0 Å². The molecule has 9 heteroatoms. The quantitative estimate of drug-likeness (QED) is 0.723. The number of rotatable bonds is 3. The molecule has 1 saturated heterocycles. The van der Waals surface area contributed by atoms with Crippen molar-refractivity contribution in [3.05, 3.63) is 17.9 Å². The van der Waals surface area contributed by atoms with Gasteiger partial charge in [0.1, 0.15) is 0 Å². The Morgan fingerprint density at radius 2 is 2.11 bits per heavy atom. The summed E-state index contributed by atoms with van der Waals surface area (Å²) in [5.74, 6) is -0.512. The third-order valence-corrected chi connectivity index (χ3v) is 6.57. The lowest BCUT2D eigenvalue weighted by Gasteiger charge is -2.31. The minimum atomic E-state index is -3.91. The summed E-state index contributed by atoms with van der Waals surface area (Å²) in [4.78, 5) is 10.5. The molecule has 0 saturated carbocycles. The fourth-order valence-electron chi connectivity index (χ4n) is 1.99. The van der Waals surface area contributed by atoms with Gasteiger partial charge in [0.15, 0.2) is 21.9 Å². The lowest BCUT2D eigenvalue weighted by Crippen LogP contribution is -2.49. The number of hydrogen-bond acceptors (Lipinski definition) is 6. The largest absolute Gasteiger partial charge is 0.440 e. The van der Waals surface area contributed by atoms with Gasteiger partial charge in [-0.15, -0.1) is 0 Å². The number of carbonyl (C=O) groups excluding carboxylic acids is 1. The van der Waals surface area contributed by atoms with Gasteiger partial charge in [-0.3, -0.25) is 4.79 Å². The minimum absolute atomic E-state index is 0.0872. The van der Waals surface area contributed by atoms with E-state index in [2.05, 4.69) is 0 Å². The molecule has 0 amide bonds. The number of hydrogen-bond donors (Lipinski definition) is 0. The molecule has 2 heterocycles. The molecule has 106 valence electrons. The summed E-state index contributed by atoms with van der Waals surface area (Å²) in [6.45, 7) is 1.42. The summed E-state index contributed by atoms with van der Waals surface area (Å²) in [6.07, 6.45) is 0.406. The van der Waals surface area contributed by atoms with Crippen molar-refractivity contribution in [1.82, 2.24) is 4.31 Å². The summed E-state index contributed by atoms with van der Waals surface area (Å²) in [6, 6.07) is 1.79. The Morgan fingerprint density at radius 1 is 1.42 bits per heavy atom. The zero-order chi connectivity index (χ0) is 14.3. The molecule has 2 rings (SSSR count). The Balaban J connectivity index is 2.32. The molecular weight excluding hydrogens is 294 g/mol. The highest BCUT2D eigenvalue weighted by Gasteiger charge is 2.38. The van der Waals surface area contributed by atoms with E-state index in [9.17, 15) is 21.6 Å². The Labute approximate surface area is 111 Å². The number of furan rings is 1. The number of carbonyl (C=O) groups is 1. The van der Waals surface area contributed by atoms with Crippen LogP contribution in [0.3, 0.4) is 0 Å². The van der Waals surface area contributed by atoms with Gasteiger partial charge in [0.2, 0.25) is 5.09 Å². The molecule has 19 heavy (non-hydrogen) atoms. The van der Waals surface area contributed by atoms with E-state index >= 15 is 0 Å². The fraction of sp³-hybridized carbons (Fsp3) is 0.500. The average Bonchev–Trinajstić information content (AvgIpc) is 2.76. The summed E-state index contributed by atoms with van der Waals surface area (Å²) in [7, 11) is -7.11. The van der Waals surface area contributed by atoms with E-state index in [0.717, 1.165) is 4.31 Å². The highest BCUT2D eigenvalue weighted by molar-refractivity contribution is 7.92. The van der Waals surface area contributed by atoms with E-state index in [4.69, 9.17) is 4.42 Å². The zero-order valence-corrected chi connectivity index (χ0v) is 11.8. The van der Waals surface area contributed by atoms with Crippen LogP contribution >= 0.6 is 0 Å². The Bertz CT molecular complexity index is 687. The number of sulfonamides is 1. The number of sulfone groups is 1. The molecule has 0 N–H and O–H groups in total. The van der Waals surface area contributed by atoms with Crippen molar-refractivity contribution < 1.29 is 26.0 Å². The summed E-state index contributed by atoms with van der Waals surface area (Å²) < 4.78 is 53.4. The molecule has 1 aromatic heterocycles. The van der Waals surface area contributed by atoms with Gasteiger partial charge in [0.05, 0.1) is 11.5 Å². The van der Waals surface area contributed by atoms with Gasteiger partial charge in [-0.05, 0) is 19.1 Å². The van der Waals surface area contributed by atoms with Gasteiger partial charge < -0.3 is 4.42 Å². The second-order valence-electron chi connectivity index (χ2n) is 4.35. The molecule has 0 aliphatic carbocycles. The highest BCUT2D eigenvalue weighted by atomic mass is 32.2. The average molecular weight is 307 g/mol. The molecule has 1 fully saturated rings. The van der Waals surface area contributed by atoms with E-state index in [1.54, 1.807) is 0 Å². The Hall–Kier alpha value is -1.19. The van der Waals surface area contributed by atoms with Crippen molar-refractivity contribution in [1.29, 1.82) is 0 Å². The highest BCUT2D eigenvalue weighted by Crippen LogP contribution is 2.23. The number of aldehydes is 1. The van der Waals surface area contributed by atoms with Crippen LogP contribution in [0.2, 0.25) is 0 Å². The van der Waals surface area contributed by atoms with Crippen LogP contribution in [0.4, 0.5) is 0 Å². The van der Waals surface area contributed by atoms with Gasteiger partial charge in [-0.2, -0.15) is 4.31 Å². The zero-order valence-electron chi connectivity index (χ0n) is 10.1. The first kappa shape index (κ1) is 14.2. The first-order chi connectivity index (χ1) is 8.76. The van der Waals surface area contributed by atoms with E-state index in [1.165, 1.54) is 19.1 Å². The molecule has 7 nitrogen and oxygen atoms in total. The van der Waals surface area contributed by atoms with Gasteiger partial charge >= 0.3 is 0 Å². The van der Waals surface area contributed by atoms with Crippen LogP contribution in [0.25, 0.3) is 0 Å². The van der Waals surface area contributed by atoms with Crippen molar-refractivity contribution in [2.24, 2.45) is 0 Å². The normalized spacial score (nSPS) is 24.2. The molecule has 0 aromatic carbocycles. The third-order valence-electron chi connectivity index (χ3n) is 2.89. The Kier molecular flexibility index (Phi) is 3.54. The maximum absolute atomic E-state index is 12.3. The molecule has 0 spiro atoms. The van der Waals surface area contributed by atoms with Gasteiger partial charge in [-0.1, -0.05) is 0 Å². The number of nitrogens with zero attached hydrogens (tertiary/aromatic N) is 1. The predicted octanol–water partition coefficient (Wildman–Crippen LogP) is -0.100. The van der Waals surface area contributed by atoms with Crippen molar-refractivity contribution in [3.8, 4) is 0 Å². The molecule has 1 aliphatic heterocycles. The maximum Gasteiger partial charge on any atom is 0.276 e. The lowest BCUT2D eigenvalue weighted by molar-refractivity contribution is 0.109. The van der Waals surface area contributed by atoms with Gasteiger partial charge in [-0.25, -0.2) is 16.8 Å². The van der Waals surface area contributed by atoms with E-state index in [-0.39, 0.29) is 28.9 Å². The van der Waals surface area contributed by atoms with Crippen molar-refractivity contribution in [2.45, 2.75) is 18.1 Å². The van der Waals surface area contributed by atoms with E-state index in [0.29, 0.717) is 6.29 Å². The lowest BCUT2D eigenvalue weighted by atomic mass is 10.4. The van der Waals surface area contributed by atoms with Gasteiger partial charge in [0.25, 0.3) is 10.0 Å². The van der Waals surface area contributed by atoms with Crippen LogP contribution in [0.15, 0.2) is 21.6 Å². The standard InChI is InChI=1S/C10H13NO6S2/c1-8-7-18(13,14)5-4-11(8)19(15,16)10-3-2-9(6-12)17-10/h2-3,6,8H,4-5,7H2,1H3. The van der Waals surface area contributed by atoms with Crippen molar-refractivity contribution >= 4 is 26.1 Å². The third kappa shape index (κ3) is 2.72. The van der Waals surface area contributed by atoms with Crippen molar-refractivity contribution in [3.63, 3.8) is 0 Å². The molecule has 1 atom stereocenters. The smallest absolute Gasteiger partial charge is 0.276 e. The van der Waals surface area contributed by atoms with E-state index < -0.39 is 25.9 Å². The first-order valence-corrected chi connectivity index (χ1v) is 8.80. The summed E-state index contributed by atoms with van der Waals surface area (Å²) >= 11 is 0. The topological polar surface area (TPSA) is 102 Å². The van der Waals surface area contributed by atoms with Crippen LogP contribution in [0, 0.1) is 0 Å². The monoisotopic (exact) mass is 307 g/mol. The maximum atomic E-state index is 12.3. The molecule has 1 unspecified atom stereocenters. The van der Waals surface area contributed by atoms with Gasteiger partial charge in [0, 0.05) is 12.6 Å². The SMILES string of the molecule is CC1CS(=O)(=O)CCN1S(=O)(=O)c1ccc(C=O)o1. The molecule has 1 aromatic rings. The Morgan fingerprint density at radius 3 is 2.63 bits per heavy atom. The molecule has 0 radical (unpaired) electrons. The molecular formula is C10H13NO6S2. The predicted molar refractivity (Wildman–Crippen MR) is 66.1 cm³/mol. The van der Waals surface area contributed by atoms with Crippen LogP contribution in [-0.4, -0.2) is 51.5 Å². The van der Waals surface area contributed by atoms with E-state index in [1.807, 2.05) is 0 Å². The fourth-order valence-corrected chi connectivity index (χ4v) is 5.31.